The van der Waals surface area contributed by atoms with Gasteiger partial charge in [-0.25, -0.2) is 0 Å². The first-order chi connectivity index (χ1) is 7.29. The van der Waals surface area contributed by atoms with E-state index in [1.165, 1.54) is 0 Å². The van der Waals surface area contributed by atoms with Gasteiger partial charge in [-0.3, -0.25) is 4.98 Å². The Morgan fingerprint density at radius 3 is 2.44 bits per heavy atom. The van der Waals surface area contributed by atoms with Gasteiger partial charge in [0.15, 0.2) is 0 Å². The van der Waals surface area contributed by atoms with E-state index in [1.54, 1.807) is 12.4 Å². The van der Waals surface area contributed by atoms with Crippen LogP contribution >= 0.6 is 12.4 Å². The molecule has 1 aromatic heterocycles. The number of halogens is 1. The third-order valence-electron chi connectivity index (χ3n) is 2.33. The summed E-state index contributed by atoms with van der Waals surface area (Å²) in [6.07, 6.45) is 3.40. The highest BCUT2D eigenvalue weighted by Gasteiger charge is 2.05. The van der Waals surface area contributed by atoms with Gasteiger partial charge in [0.25, 0.3) is 0 Å². The van der Waals surface area contributed by atoms with Crippen molar-refractivity contribution in [2.24, 2.45) is 0 Å². The fourth-order valence-corrected chi connectivity index (χ4v) is 1.50. The number of hydrogen-bond donors (Lipinski definition) is 1. The fraction of sp³-hybridized carbons (Fsp3) is 0.0833. The number of rotatable bonds is 2. The van der Waals surface area contributed by atoms with E-state index in [4.69, 9.17) is 5.73 Å². The van der Waals surface area contributed by atoms with Crippen LogP contribution in [0.5, 0.6) is 0 Å². The Bertz CT molecular complexity index is 445. The molecule has 0 atom stereocenters. The average Bonchev–Trinajstić information content (AvgIpc) is 2.30. The van der Waals surface area contributed by atoms with Crippen molar-refractivity contribution < 1.29 is 0 Å². The zero-order chi connectivity index (χ0) is 10.7. The lowest BCUT2D eigenvalue weighted by Gasteiger charge is -2.20. The van der Waals surface area contributed by atoms with Gasteiger partial charge in [0.05, 0.1) is 17.6 Å². The van der Waals surface area contributed by atoms with Gasteiger partial charge in [-0.05, 0) is 18.2 Å². The topological polar surface area (TPSA) is 42.2 Å². The van der Waals surface area contributed by atoms with Crippen molar-refractivity contribution in [2.45, 2.75) is 0 Å². The van der Waals surface area contributed by atoms with Crippen LogP contribution in [0, 0.1) is 0 Å². The van der Waals surface area contributed by atoms with Crippen molar-refractivity contribution in [1.29, 1.82) is 0 Å². The molecular formula is C12H14ClN3. The first-order valence-electron chi connectivity index (χ1n) is 4.77. The van der Waals surface area contributed by atoms with Crippen LogP contribution in [-0.2, 0) is 0 Å². The number of aromatic nitrogens is 1. The van der Waals surface area contributed by atoms with Crippen LogP contribution in [0.2, 0.25) is 0 Å². The zero-order valence-corrected chi connectivity index (χ0v) is 9.82. The van der Waals surface area contributed by atoms with Crippen molar-refractivity contribution >= 4 is 29.5 Å². The van der Waals surface area contributed by atoms with E-state index in [0.29, 0.717) is 5.69 Å². The fourth-order valence-electron chi connectivity index (χ4n) is 1.50. The molecule has 84 valence electrons. The molecule has 0 amide bonds. The lowest BCUT2D eigenvalue weighted by molar-refractivity contribution is 1.19. The van der Waals surface area contributed by atoms with Crippen LogP contribution in [0.25, 0.3) is 0 Å². The van der Waals surface area contributed by atoms with E-state index in [-0.39, 0.29) is 12.4 Å². The van der Waals surface area contributed by atoms with Gasteiger partial charge in [-0.1, -0.05) is 18.2 Å². The molecular weight excluding hydrogens is 222 g/mol. The second-order valence-corrected chi connectivity index (χ2v) is 3.33. The van der Waals surface area contributed by atoms with Crippen LogP contribution < -0.4 is 10.6 Å². The average molecular weight is 236 g/mol. The molecule has 0 spiro atoms. The van der Waals surface area contributed by atoms with Gasteiger partial charge in [0.2, 0.25) is 0 Å². The molecule has 3 nitrogen and oxygen atoms in total. The van der Waals surface area contributed by atoms with Gasteiger partial charge in [0, 0.05) is 18.9 Å². The van der Waals surface area contributed by atoms with Gasteiger partial charge < -0.3 is 10.6 Å². The number of para-hydroxylation sites is 1. The van der Waals surface area contributed by atoms with Crippen molar-refractivity contribution in [1.82, 2.24) is 4.98 Å². The maximum atomic E-state index is 5.85. The predicted molar refractivity (Wildman–Crippen MR) is 70.4 cm³/mol. The minimum atomic E-state index is 0. The first-order valence-corrected chi connectivity index (χ1v) is 4.77. The maximum absolute atomic E-state index is 5.85. The molecule has 1 heterocycles. The monoisotopic (exact) mass is 235 g/mol. The summed E-state index contributed by atoms with van der Waals surface area (Å²) in [5.74, 6) is 0. The number of nitrogen functional groups attached to an aromatic ring is 1. The third kappa shape index (κ3) is 2.44. The van der Waals surface area contributed by atoms with Crippen LogP contribution in [0.4, 0.5) is 17.1 Å². The Balaban J connectivity index is 0.00000128. The zero-order valence-electron chi connectivity index (χ0n) is 9.00. The maximum Gasteiger partial charge on any atom is 0.0741 e. The van der Waals surface area contributed by atoms with Crippen molar-refractivity contribution in [2.75, 3.05) is 17.7 Å². The molecule has 0 saturated carbocycles. The molecule has 0 saturated heterocycles. The van der Waals surface area contributed by atoms with Crippen LogP contribution in [0.1, 0.15) is 0 Å². The lowest BCUT2D eigenvalue weighted by atomic mass is 10.2. The third-order valence-corrected chi connectivity index (χ3v) is 2.33. The van der Waals surface area contributed by atoms with Gasteiger partial charge in [0.1, 0.15) is 0 Å². The van der Waals surface area contributed by atoms with Crippen molar-refractivity contribution in [3.63, 3.8) is 0 Å². The highest BCUT2D eigenvalue weighted by Crippen LogP contribution is 2.27. The van der Waals surface area contributed by atoms with Crippen LogP contribution in [0.15, 0.2) is 48.8 Å². The summed E-state index contributed by atoms with van der Waals surface area (Å²) in [4.78, 5) is 6.01. The smallest absolute Gasteiger partial charge is 0.0741 e. The summed E-state index contributed by atoms with van der Waals surface area (Å²) in [5, 5.41) is 0. The molecule has 4 heteroatoms. The second kappa shape index (κ2) is 5.37. The van der Waals surface area contributed by atoms with Crippen LogP contribution in [-0.4, -0.2) is 12.0 Å². The minimum absolute atomic E-state index is 0. The molecule has 0 aliphatic heterocycles. The van der Waals surface area contributed by atoms with Gasteiger partial charge in [-0.15, -0.1) is 12.4 Å². The molecule has 1 aromatic carbocycles. The number of nitrogens with two attached hydrogens (primary N) is 1. The van der Waals surface area contributed by atoms with Crippen LogP contribution in [0.3, 0.4) is 0 Å². The van der Waals surface area contributed by atoms with E-state index in [0.717, 1.165) is 11.4 Å². The first kappa shape index (κ1) is 12.3. The Morgan fingerprint density at radius 2 is 1.81 bits per heavy atom. The molecule has 0 aliphatic carbocycles. The summed E-state index contributed by atoms with van der Waals surface area (Å²) in [6, 6.07) is 12.0. The molecule has 0 unspecified atom stereocenters. The molecule has 0 aliphatic rings. The standard InChI is InChI=1S/C12H13N3.ClH/c1-15(10-5-3-2-4-6-10)12-7-8-14-9-11(12)13;/h2-9H,13H2,1H3;1H. The summed E-state index contributed by atoms with van der Waals surface area (Å²) in [5.41, 5.74) is 8.61. The minimum Gasteiger partial charge on any atom is -0.396 e. The van der Waals surface area contributed by atoms with E-state index in [9.17, 15) is 0 Å². The van der Waals surface area contributed by atoms with Gasteiger partial charge >= 0.3 is 0 Å². The summed E-state index contributed by atoms with van der Waals surface area (Å²) < 4.78 is 0. The summed E-state index contributed by atoms with van der Waals surface area (Å²) in [6.45, 7) is 0. The van der Waals surface area contributed by atoms with E-state index < -0.39 is 0 Å². The van der Waals surface area contributed by atoms with E-state index in [2.05, 4.69) is 4.98 Å². The Labute approximate surface area is 101 Å². The number of pyridine rings is 1. The molecule has 2 N–H and O–H groups in total. The number of nitrogens with zero attached hydrogens (tertiary/aromatic N) is 2. The Hall–Kier alpha value is -1.74. The molecule has 0 radical (unpaired) electrons. The molecule has 0 fully saturated rings. The predicted octanol–water partition coefficient (Wildman–Crippen LogP) is 2.85. The van der Waals surface area contributed by atoms with Gasteiger partial charge in [-0.2, -0.15) is 0 Å². The SMILES string of the molecule is CN(c1ccccc1)c1ccncc1N.Cl. The highest BCUT2D eigenvalue weighted by molar-refractivity contribution is 5.85. The molecule has 2 rings (SSSR count). The largest absolute Gasteiger partial charge is 0.396 e. The molecule has 2 aromatic rings. The Kier molecular flexibility index (Phi) is 4.14. The highest BCUT2D eigenvalue weighted by atomic mass is 35.5. The van der Waals surface area contributed by atoms with Crippen molar-refractivity contribution in [3.8, 4) is 0 Å². The molecule has 0 bridgehead atoms. The Morgan fingerprint density at radius 1 is 1.12 bits per heavy atom. The van der Waals surface area contributed by atoms with E-state index in [1.807, 2.05) is 48.3 Å². The summed E-state index contributed by atoms with van der Waals surface area (Å²) in [7, 11) is 1.99. The summed E-state index contributed by atoms with van der Waals surface area (Å²) >= 11 is 0. The number of anilines is 3. The lowest BCUT2D eigenvalue weighted by Crippen LogP contribution is -2.11. The number of hydrogen-bond acceptors (Lipinski definition) is 3. The van der Waals surface area contributed by atoms with E-state index >= 15 is 0 Å². The van der Waals surface area contributed by atoms with Crippen molar-refractivity contribution in [3.05, 3.63) is 48.8 Å². The quantitative estimate of drug-likeness (QED) is 0.871. The normalized spacial score (nSPS) is 9.31. The number of benzene rings is 1. The second-order valence-electron chi connectivity index (χ2n) is 3.33. The molecule has 16 heavy (non-hydrogen) atoms.